The third kappa shape index (κ3) is 42.9. The summed E-state index contributed by atoms with van der Waals surface area (Å²) in [6, 6.07) is 0. The first-order chi connectivity index (χ1) is 38.6. The molecule has 1 aliphatic rings. The number of rotatable bonds is 47. The summed E-state index contributed by atoms with van der Waals surface area (Å²) in [6.45, 7) is 5.54. The van der Waals surface area contributed by atoms with Crippen molar-refractivity contribution in [3.63, 3.8) is 0 Å². The Bertz CT molecular complexity index is 1980. The molecule has 1 saturated heterocycles. The predicted octanol–water partition coefficient (Wildman–Crippen LogP) is 15.3. The van der Waals surface area contributed by atoms with E-state index in [1.54, 1.807) is 12.2 Å². The summed E-state index contributed by atoms with van der Waals surface area (Å²) in [4.78, 5) is 51.1. The summed E-state index contributed by atoms with van der Waals surface area (Å²) in [5, 5.41) is 31.5. The van der Waals surface area contributed by atoms with Crippen molar-refractivity contribution in [2.24, 2.45) is 0 Å². The van der Waals surface area contributed by atoms with Gasteiger partial charge in [-0.1, -0.05) is 204 Å². The highest BCUT2D eigenvalue weighted by Crippen LogP contribution is 2.26. The zero-order valence-corrected chi connectivity index (χ0v) is 48.3. The number of unbranched alkanes of at least 4 members (excludes halogenated alkanes) is 8. The second-order valence-electron chi connectivity index (χ2n) is 19.1. The molecule has 12 heteroatoms. The Morgan fingerprint density at radius 1 is 0.430 bits per heavy atom. The lowest BCUT2D eigenvalue weighted by atomic mass is 9.98. The monoisotopic (exact) mass is 1100 g/mol. The first-order valence-electron chi connectivity index (χ1n) is 29.5. The van der Waals surface area contributed by atoms with Gasteiger partial charge in [0.05, 0.1) is 13.0 Å². The van der Waals surface area contributed by atoms with Crippen LogP contribution in [0, 0.1) is 0 Å². The minimum absolute atomic E-state index is 0.108. The molecule has 0 aromatic rings. The first-order valence-corrected chi connectivity index (χ1v) is 29.5. The molecule has 1 heterocycles. The van der Waals surface area contributed by atoms with Gasteiger partial charge >= 0.3 is 23.9 Å². The van der Waals surface area contributed by atoms with Crippen LogP contribution in [0.2, 0.25) is 0 Å². The number of aliphatic hydroxyl groups is 2. The van der Waals surface area contributed by atoms with Crippen LogP contribution in [0.15, 0.2) is 158 Å². The maximum atomic E-state index is 13.2. The van der Waals surface area contributed by atoms with Gasteiger partial charge in [0.1, 0.15) is 18.8 Å². The molecule has 0 radical (unpaired) electrons. The van der Waals surface area contributed by atoms with Crippen molar-refractivity contribution in [2.75, 3.05) is 13.2 Å². The van der Waals surface area contributed by atoms with E-state index >= 15 is 0 Å². The summed E-state index contributed by atoms with van der Waals surface area (Å²) in [5.41, 5.74) is 0. The van der Waals surface area contributed by atoms with Gasteiger partial charge in [0.15, 0.2) is 24.6 Å². The van der Waals surface area contributed by atoms with E-state index in [2.05, 4.69) is 154 Å². The molecule has 1 fully saturated rings. The van der Waals surface area contributed by atoms with Gasteiger partial charge in [-0.3, -0.25) is 14.4 Å². The normalized spacial score (nSPS) is 19.0. The number of allylic oxidation sites excluding steroid dienone is 25. The molecular formula is C67H100O12. The summed E-state index contributed by atoms with van der Waals surface area (Å²) in [7, 11) is 0. The molecule has 6 unspecified atom stereocenters. The number of hydrogen-bond acceptors (Lipinski definition) is 11. The van der Waals surface area contributed by atoms with E-state index in [0.717, 1.165) is 128 Å². The number of carboxylic acids is 1. The highest BCUT2D eigenvalue weighted by atomic mass is 16.7. The minimum atomic E-state index is -1.95. The third-order valence-electron chi connectivity index (χ3n) is 12.1. The van der Waals surface area contributed by atoms with Crippen LogP contribution in [0.3, 0.4) is 0 Å². The molecule has 1 aliphatic heterocycles. The Hall–Kier alpha value is -5.66. The predicted molar refractivity (Wildman–Crippen MR) is 321 cm³/mol. The molecule has 3 N–H and O–H groups in total. The molecule has 0 aliphatic carbocycles. The Morgan fingerprint density at radius 2 is 0.797 bits per heavy atom. The van der Waals surface area contributed by atoms with E-state index in [0.29, 0.717) is 19.3 Å². The fourth-order valence-electron chi connectivity index (χ4n) is 7.72. The molecule has 0 amide bonds. The number of esters is 3. The second kappa shape index (κ2) is 53.0. The van der Waals surface area contributed by atoms with Crippen LogP contribution in [0.25, 0.3) is 0 Å². The van der Waals surface area contributed by atoms with Crippen LogP contribution in [0.1, 0.15) is 188 Å². The molecule has 1 rings (SSSR count). The lowest BCUT2D eigenvalue weighted by Crippen LogP contribution is -2.61. The zero-order chi connectivity index (χ0) is 57.5. The molecular weight excluding hydrogens is 997 g/mol. The summed E-state index contributed by atoms with van der Waals surface area (Å²) < 4.78 is 28.2. The van der Waals surface area contributed by atoms with Crippen molar-refractivity contribution in [1.29, 1.82) is 0 Å². The average Bonchev–Trinajstić information content (AvgIpc) is 3.43. The molecule has 79 heavy (non-hydrogen) atoms. The summed E-state index contributed by atoms with van der Waals surface area (Å²) >= 11 is 0. The van der Waals surface area contributed by atoms with E-state index in [1.807, 2.05) is 12.2 Å². The maximum Gasteiger partial charge on any atom is 0.335 e. The van der Waals surface area contributed by atoms with Crippen LogP contribution in [-0.4, -0.2) is 89.2 Å². The number of carbonyl (C=O) groups is 4. The standard InChI is InChI=1S/C67H100O12/c1-4-7-10-13-16-19-22-25-28-30-33-35-38-41-44-47-50-53-59(68)75-56-58(77-60(69)54-51-48-45-42-39-37-34-31-29-26-23-20-17-14-11-8-5-2)57-76-67-65(63(72)62(71)64(79-67)66(73)74)78-61(70)55-52-49-46-43-40-36-32-27-24-21-18-15-12-9-6-3/h7-12,16-21,25-29,32-35,37,40,43,49,52,58,62-65,67,71-72H,4-6,13-15,22-24,30-31,36,38-39,41-42,44-48,50-51,53-57H2,1-3H3,(H,73,74)/b10-7-,11-8-,12-9-,19-16-,20-17-,21-18-,28-25-,29-26-,32-27-,35-33-,37-34-,43-40-,52-49-. The van der Waals surface area contributed by atoms with Gasteiger partial charge in [0, 0.05) is 12.8 Å². The van der Waals surface area contributed by atoms with Crippen molar-refractivity contribution < 1.29 is 58.2 Å². The number of aliphatic hydroxyl groups excluding tert-OH is 2. The van der Waals surface area contributed by atoms with Crippen LogP contribution in [-0.2, 0) is 42.9 Å². The number of aliphatic carboxylic acids is 1. The molecule has 440 valence electrons. The molecule has 12 nitrogen and oxygen atoms in total. The van der Waals surface area contributed by atoms with Gasteiger partial charge in [-0.05, 0) is 122 Å². The molecule has 0 saturated carbocycles. The number of ether oxygens (including phenoxy) is 5. The second-order valence-corrected chi connectivity index (χ2v) is 19.1. The largest absolute Gasteiger partial charge is 0.479 e. The number of carboxylic acid groups (broad SMARTS) is 1. The first kappa shape index (κ1) is 71.4. The fourth-order valence-corrected chi connectivity index (χ4v) is 7.72. The van der Waals surface area contributed by atoms with Crippen molar-refractivity contribution >= 4 is 23.9 Å². The lowest BCUT2D eigenvalue weighted by Gasteiger charge is -2.40. The third-order valence-corrected chi connectivity index (χ3v) is 12.1. The number of hydrogen-bond donors (Lipinski definition) is 3. The van der Waals surface area contributed by atoms with Gasteiger partial charge in [-0.15, -0.1) is 0 Å². The number of carbonyl (C=O) groups excluding carboxylic acids is 3. The Balaban J connectivity index is 2.79. The van der Waals surface area contributed by atoms with E-state index < -0.39 is 67.3 Å². The van der Waals surface area contributed by atoms with Crippen LogP contribution >= 0.6 is 0 Å². The maximum absolute atomic E-state index is 13.2. The SMILES string of the molecule is CC/C=C\C/C=C\C/C=C\C/C=C\C/C=C\CC(=O)OC1C(OCC(COC(=O)CCCCCC/C=C\C/C=C\C/C=C\C/C=C\CC)OC(=O)CCCCCC/C=C\C/C=C\C/C=C\C/C=C\CC)OC(C(=O)O)C(O)C1O. The van der Waals surface area contributed by atoms with Crippen molar-refractivity contribution in [2.45, 2.75) is 225 Å². The van der Waals surface area contributed by atoms with E-state index in [-0.39, 0.29) is 25.9 Å². The highest BCUT2D eigenvalue weighted by Gasteiger charge is 2.50. The van der Waals surface area contributed by atoms with Crippen molar-refractivity contribution in [1.82, 2.24) is 0 Å². The molecule has 6 atom stereocenters. The smallest absolute Gasteiger partial charge is 0.335 e. The Kier molecular flexibility index (Phi) is 47.9. The molecule has 0 aromatic carbocycles. The molecule has 0 aromatic heterocycles. The van der Waals surface area contributed by atoms with Crippen LogP contribution in [0.4, 0.5) is 0 Å². The van der Waals surface area contributed by atoms with Gasteiger partial charge in [-0.25, -0.2) is 4.79 Å². The van der Waals surface area contributed by atoms with Gasteiger partial charge in [0.25, 0.3) is 0 Å². The van der Waals surface area contributed by atoms with E-state index in [9.17, 15) is 34.5 Å². The lowest BCUT2D eigenvalue weighted by molar-refractivity contribution is -0.301. The minimum Gasteiger partial charge on any atom is -0.479 e. The van der Waals surface area contributed by atoms with Crippen LogP contribution in [0.5, 0.6) is 0 Å². The fraction of sp³-hybridized carbons (Fsp3) is 0.552. The molecule has 0 spiro atoms. The quantitative estimate of drug-likeness (QED) is 0.0228. The Morgan fingerprint density at radius 3 is 1.20 bits per heavy atom. The zero-order valence-electron chi connectivity index (χ0n) is 48.3. The van der Waals surface area contributed by atoms with E-state index in [1.165, 1.54) is 0 Å². The average molecular weight is 1100 g/mol. The van der Waals surface area contributed by atoms with Gasteiger partial charge in [-0.2, -0.15) is 0 Å². The van der Waals surface area contributed by atoms with E-state index in [4.69, 9.17) is 23.7 Å². The summed E-state index contributed by atoms with van der Waals surface area (Å²) in [6.07, 6.45) is 65.2. The van der Waals surface area contributed by atoms with Crippen molar-refractivity contribution in [3.05, 3.63) is 158 Å². The Labute approximate surface area is 475 Å². The highest BCUT2D eigenvalue weighted by molar-refractivity contribution is 5.74. The van der Waals surface area contributed by atoms with Crippen molar-refractivity contribution in [3.8, 4) is 0 Å². The van der Waals surface area contributed by atoms with Gasteiger partial charge in [0.2, 0.25) is 0 Å². The molecule has 0 bridgehead atoms. The topological polar surface area (TPSA) is 175 Å². The summed E-state index contributed by atoms with van der Waals surface area (Å²) in [5.74, 6) is -3.38. The van der Waals surface area contributed by atoms with Crippen LogP contribution < -0.4 is 0 Å². The van der Waals surface area contributed by atoms with Gasteiger partial charge < -0.3 is 39.0 Å².